The maximum Gasteiger partial charge on any atom is 0.152 e. The van der Waals surface area contributed by atoms with Gasteiger partial charge in [0.15, 0.2) is 5.78 Å². The second-order valence-corrected chi connectivity index (χ2v) is 5.87. The third-order valence-corrected chi connectivity index (χ3v) is 4.89. The average Bonchev–Trinajstić information content (AvgIpc) is 2.13. The summed E-state index contributed by atoms with van der Waals surface area (Å²) in [5.41, 5.74) is 0.0185. The van der Waals surface area contributed by atoms with Crippen LogP contribution < -0.4 is 0 Å². The smallest absolute Gasteiger partial charge is 0.152 e. The van der Waals surface area contributed by atoms with Crippen molar-refractivity contribution in [2.75, 3.05) is 0 Å². The molecule has 2 heteroatoms. The van der Waals surface area contributed by atoms with Crippen LogP contribution in [0.1, 0.15) is 45.4 Å². The SMILES string of the molecule is C[C@@]12CCCC[C@H]1CC[C@H](Br)C2=O. The Morgan fingerprint density at radius 2 is 2.08 bits per heavy atom. The number of hydrogen-bond donors (Lipinski definition) is 0. The first-order valence-electron chi connectivity index (χ1n) is 5.33. The Balaban J connectivity index is 2.22. The van der Waals surface area contributed by atoms with Crippen LogP contribution in [0.5, 0.6) is 0 Å². The molecule has 0 N–H and O–H groups in total. The molecule has 0 unspecified atom stereocenters. The van der Waals surface area contributed by atoms with Crippen LogP contribution in [0.2, 0.25) is 0 Å². The van der Waals surface area contributed by atoms with E-state index in [2.05, 4.69) is 22.9 Å². The lowest BCUT2D eigenvalue weighted by Gasteiger charge is -2.45. The number of rotatable bonds is 0. The Morgan fingerprint density at radius 1 is 1.31 bits per heavy atom. The zero-order valence-corrected chi connectivity index (χ0v) is 9.77. The molecule has 0 aromatic heterocycles. The lowest BCUT2D eigenvalue weighted by atomic mass is 9.60. The summed E-state index contributed by atoms with van der Waals surface area (Å²) in [6.07, 6.45) is 7.29. The summed E-state index contributed by atoms with van der Waals surface area (Å²) in [4.78, 5) is 12.2. The summed E-state index contributed by atoms with van der Waals surface area (Å²) in [7, 11) is 0. The van der Waals surface area contributed by atoms with Crippen molar-refractivity contribution in [3.05, 3.63) is 0 Å². The molecule has 3 atom stereocenters. The van der Waals surface area contributed by atoms with Crippen LogP contribution in [-0.2, 0) is 4.79 Å². The minimum absolute atomic E-state index is 0.0185. The monoisotopic (exact) mass is 244 g/mol. The summed E-state index contributed by atoms with van der Waals surface area (Å²) in [6.45, 7) is 2.19. The number of Topliss-reactive ketones (excluding diaryl/α,β-unsaturated/α-hetero) is 1. The Bertz CT molecular complexity index is 226. The molecular formula is C11H17BrO. The minimum atomic E-state index is 0.0185. The van der Waals surface area contributed by atoms with Gasteiger partial charge in [0.25, 0.3) is 0 Å². The molecule has 2 aliphatic rings. The van der Waals surface area contributed by atoms with E-state index in [1.165, 1.54) is 25.7 Å². The van der Waals surface area contributed by atoms with Crippen LogP contribution in [0.3, 0.4) is 0 Å². The normalized spacial score (nSPS) is 45.8. The number of carbonyl (C=O) groups is 1. The van der Waals surface area contributed by atoms with Gasteiger partial charge in [-0.25, -0.2) is 0 Å². The van der Waals surface area contributed by atoms with Gasteiger partial charge in [0.2, 0.25) is 0 Å². The van der Waals surface area contributed by atoms with Gasteiger partial charge in [0, 0.05) is 5.41 Å². The number of ketones is 1. The fourth-order valence-corrected chi connectivity index (χ4v) is 3.82. The molecule has 0 aromatic carbocycles. The summed E-state index contributed by atoms with van der Waals surface area (Å²) in [5, 5.41) is 0. The molecule has 13 heavy (non-hydrogen) atoms. The highest BCUT2D eigenvalue weighted by atomic mass is 79.9. The van der Waals surface area contributed by atoms with Gasteiger partial charge in [-0.2, -0.15) is 0 Å². The van der Waals surface area contributed by atoms with E-state index in [1.807, 2.05) is 0 Å². The number of fused-ring (bicyclic) bond motifs is 1. The molecule has 0 saturated heterocycles. The van der Waals surface area contributed by atoms with E-state index in [0.717, 1.165) is 12.8 Å². The van der Waals surface area contributed by atoms with Crippen molar-refractivity contribution in [3.8, 4) is 0 Å². The lowest BCUT2D eigenvalue weighted by molar-refractivity contribution is -0.135. The standard InChI is InChI=1S/C11H17BrO/c1-11-7-3-2-4-8(11)5-6-9(12)10(11)13/h8-9H,2-7H2,1H3/t8-,9-,11+/m0/s1. The number of hydrogen-bond acceptors (Lipinski definition) is 1. The largest absolute Gasteiger partial charge is 0.298 e. The van der Waals surface area contributed by atoms with Crippen LogP contribution in [0.15, 0.2) is 0 Å². The van der Waals surface area contributed by atoms with Crippen LogP contribution in [0.25, 0.3) is 0 Å². The topological polar surface area (TPSA) is 17.1 Å². The first kappa shape index (κ1) is 9.70. The molecule has 0 heterocycles. The van der Waals surface area contributed by atoms with Crippen LogP contribution in [0, 0.1) is 11.3 Å². The number of carbonyl (C=O) groups excluding carboxylic acids is 1. The summed E-state index contributed by atoms with van der Waals surface area (Å²) >= 11 is 3.50. The molecule has 2 rings (SSSR count). The van der Waals surface area contributed by atoms with E-state index in [9.17, 15) is 4.79 Å². The molecule has 2 saturated carbocycles. The Hall–Kier alpha value is 0.150. The molecule has 0 amide bonds. The van der Waals surface area contributed by atoms with Gasteiger partial charge in [0.05, 0.1) is 4.83 Å². The van der Waals surface area contributed by atoms with E-state index >= 15 is 0 Å². The molecule has 2 fully saturated rings. The molecule has 1 nitrogen and oxygen atoms in total. The van der Waals surface area contributed by atoms with Crippen LogP contribution in [0.4, 0.5) is 0 Å². The molecule has 0 aliphatic heterocycles. The van der Waals surface area contributed by atoms with Gasteiger partial charge in [-0.3, -0.25) is 4.79 Å². The zero-order chi connectivity index (χ0) is 9.47. The van der Waals surface area contributed by atoms with Gasteiger partial charge in [-0.1, -0.05) is 35.7 Å². The van der Waals surface area contributed by atoms with Crippen molar-refractivity contribution in [1.29, 1.82) is 0 Å². The molecule has 0 aromatic rings. The third kappa shape index (κ3) is 1.47. The van der Waals surface area contributed by atoms with Gasteiger partial charge in [-0.15, -0.1) is 0 Å². The first-order chi connectivity index (χ1) is 6.14. The molecular weight excluding hydrogens is 228 g/mol. The Morgan fingerprint density at radius 3 is 2.85 bits per heavy atom. The van der Waals surface area contributed by atoms with Crippen molar-refractivity contribution in [2.24, 2.45) is 11.3 Å². The van der Waals surface area contributed by atoms with E-state index in [4.69, 9.17) is 0 Å². The summed E-state index contributed by atoms with van der Waals surface area (Å²) < 4.78 is 0. The predicted molar refractivity (Wildman–Crippen MR) is 57.0 cm³/mol. The Kier molecular flexibility index (Phi) is 2.52. The second kappa shape index (κ2) is 3.38. The maximum atomic E-state index is 12.0. The zero-order valence-electron chi connectivity index (χ0n) is 8.18. The first-order valence-corrected chi connectivity index (χ1v) is 6.24. The summed E-state index contributed by atoms with van der Waals surface area (Å²) in [5.74, 6) is 1.16. The van der Waals surface area contributed by atoms with Gasteiger partial charge >= 0.3 is 0 Å². The minimum Gasteiger partial charge on any atom is -0.298 e. The second-order valence-electron chi connectivity index (χ2n) is 4.77. The molecule has 0 radical (unpaired) electrons. The van der Waals surface area contributed by atoms with Crippen molar-refractivity contribution in [3.63, 3.8) is 0 Å². The number of halogens is 1. The average molecular weight is 245 g/mol. The third-order valence-electron chi connectivity index (χ3n) is 4.02. The van der Waals surface area contributed by atoms with Crippen molar-refractivity contribution in [1.82, 2.24) is 0 Å². The van der Waals surface area contributed by atoms with Crippen molar-refractivity contribution < 1.29 is 4.79 Å². The highest BCUT2D eigenvalue weighted by Crippen LogP contribution is 2.49. The Labute approximate surface area is 88.4 Å². The van der Waals surface area contributed by atoms with Gasteiger partial charge < -0.3 is 0 Å². The highest BCUT2D eigenvalue weighted by molar-refractivity contribution is 9.10. The fourth-order valence-electron chi connectivity index (χ4n) is 3.03. The van der Waals surface area contributed by atoms with Crippen molar-refractivity contribution >= 4 is 21.7 Å². The molecule has 0 spiro atoms. The number of alkyl halides is 1. The molecule has 0 bridgehead atoms. The van der Waals surface area contributed by atoms with Gasteiger partial charge in [0.1, 0.15) is 0 Å². The van der Waals surface area contributed by atoms with E-state index < -0.39 is 0 Å². The van der Waals surface area contributed by atoms with E-state index in [-0.39, 0.29) is 10.2 Å². The summed E-state index contributed by atoms with van der Waals surface area (Å²) in [6, 6.07) is 0. The van der Waals surface area contributed by atoms with E-state index in [1.54, 1.807) is 0 Å². The maximum absolute atomic E-state index is 12.0. The van der Waals surface area contributed by atoms with Crippen LogP contribution >= 0.6 is 15.9 Å². The fraction of sp³-hybridized carbons (Fsp3) is 0.909. The van der Waals surface area contributed by atoms with Crippen molar-refractivity contribution in [2.45, 2.75) is 50.3 Å². The quantitative estimate of drug-likeness (QED) is 0.598. The van der Waals surface area contributed by atoms with E-state index in [0.29, 0.717) is 11.7 Å². The van der Waals surface area contributed by atoms with Crippen LogP contribution in [-0.4, -0.2) is 10.6 Å². The molecule has 2 aliphatic carbocycles. The molecule has 74 valence electrons. The van der Waals surface area contributed by atoms with Gasteiger partial charge in [-0.05, 0) is 31.6 Å². The lowest BCUT2D eigenvalue weighted by Crippen LogP contribution is -2.46. The highest BCUT2D eigenvalue weighted by Gasteiger charge is 2.47. The predicted octanol–water partition coefficient (Wildman–Crippen LogP) is 3.31.